The first-order valence-electron chi connectivity index (χ1n) is 3.28. The van der Waals surface area contributed by atoms with Gasteiger partial charge in [0, 0.05) is 6.92 Å². The lowest BCUT2D eigenvalue weighted by Crippen LogP contribution is -2.05. The van der Waals surface area contributed by atoms with Crippen LogP contribution < -0.4 is 5.56 Å². The molecule has 0 spiro atoms. The van der Waals surface area contributed by atoms with Crippen molar-refractivity contribution in [3.63, 3.8) is 0 Å². The van der Waals surface area contributed by atoms with Gasteiger partial charge in [-0.25, -0.2) is 0 Å². The van der Waals surface area contributed by atoms with Crippen LogP contribution >= 0.6 is 34.8 Å². The van der Waals surface area contributed by atoms with E-state index in [-0.39, 0.29) is 15.2 Å². The molecule has 0 aliphatic carbocycles. The number of aromatic amines is 1. The Kier molecular flexibility index (Phi) is 5.60. The third-order valence-electron chi connectivity index (χ3n) is 0.903. The third-order valence-corrected chi connectivity index (χ3v) is 1.88. The number of rotatable bonds is 0. The van der Waals surface area contributed by atoms with Gasteiger partial charge < -0.3 is 10.1 Å². The van der Waals surface area contributed by atoms with Crippen molar-refractivity contribution in [1.82, 2.24) is 4.98 Å². The second kappa shape index (κ2) is 5.90. The lowest BCUT2D eigenvalue weighted by molar-refractivity contribution is -0.134. The summed E-state index contributed by atoms with van der Waals surface area (Å²) < 4.78 is 0. The average molecular weight is 258 g/mol. The molecule has 2 N–H and O–H groups in total. The minimum Gasteiger partial charge on any atom is -0.481 e. The van der Waals surface area contributed by atoms with Gasteiger partial charge in [-0.05, 0) is 6.07 Å². The van der Waals surface area contributed by atoms with Crippen molar-refractivity contribution in [3.05, 3.63) is 31.6 Å². The summed E-state index contributed by atoms with van der Waals surface area (Å²) in [6.45, 7) is 1.08. The van der Waals surface area contributed by atoms with Crippen LogP contribution in [0.2, 0.25) is 15.2 Å². The Morgan fingerprint density at radius 3 is 2.14 bits per heavy atom. The van der Waals surface area contributed by atoms with Gasteiger partial charge in [0.2, 0.25) is 0 Å². The average Bonchev–Trinajstić information content (AvgIpc) is 2.00. The Morgan fingerprint density at radius 2 is 1.79 bits per heavy atom. The van der Waals surface area contributed by atoms with E-state index in [0.29, 0.717) is 0 Å². The minimum absolute atomic E-state index is 0.0365. The van der Waals surface area contributed by atoms with Crippen molar-refractivity contribution in [2.45, 2.75) is 6.92 Å². The fourth-order valence-electron chi connectivity index (χ4n) is 0.459. The molecule has 0 amide bonds. The summed E-state index contributed by atoms with van der Waals surface area (Å²) >= 11 is 16.3. The van der Waals surface area contributed by atoms with Gasteiger partial charge in [0.15, 0.2) is 0 Å². The molecule has 0 atom stereocenters. The van der Waals surface area contributed by atoms with Crippen LogP contribution in [-0.2, 0) is 4.79 Å². The number of carboxylic acids is 1. The Bertz CT molecular complexity index is 384. The molecule has 1 rings (SSSR count). The first kappa shape index (κ1) is 13.3. The van der Waals surface area contributed by atoms with Crippen LogP contribution in [0.3, 0.4) is 0 Å². The predicted octanol–water partition coefficient (Wildman–Crippen LogP) is 2.43. The van der Waals surface area contributed by atoms with E-state index in [4.69, 9.17) is 44.7 Å². The maximum absolute atomic E-state index is 10.7. The summed E-state index contributed by atoms with van der Waals surface area (Å²) in [7, 11) is 0. The lowest BCUT2D eigenvalue weighted by atomic mass is 10.5. The van der Waals surface area contributed by atoms with Crippen molar-refractivity contribution in [1.29, 1.82) is 0 Å². The highest BCUT2D eigenvalue weighted by atomic mass is 35.5. The van der Waals surface area contributed by atoms with Gasteiger partial charge in [0.05, 0.1) is 5.02 Å². The molecule has 0 saturated heterocycles. The van der Waals surface area contributed by atoms with E-state index in [2.05, 4.69) is 4.98 Å². The topological polar surface area (TPSA) is 70.2 Å². The Labute approximate surface area is 94.4 Å². The predicted molar refractivity (Wildman–Crippen MR) is 55.4 cm³/mol. The van der Waals surface area contributed by atoms with E-state index in [1.165, 1.54) is 6.07 Å². The van der Waals surface area contributed by atoms with E-state index >= 15 is 0 Å². The molecule has 0 aliphatic rings. The molecule has 7 heteroatoms. The van der Waals surface area contributed by atoms with Crippen molar-refractivity contribution in [3.8, 4) is 0 Å². The number of hydrogen-bond donors (Lipinski definition) is 2. The lowest BCUT2D eigenvalue weighted by Gasteiger charge is -1.93. The fourth-order valence-corrected chi connectivity index (χ4v) is 0.968. The number of hydrogen-bond acceptors (Lipinski definition) is 2. The molecule has 1 aromatic heterocycles. The number of nitrogens with one attached hydrogen (secondary N) is 1. The smallest absolute Gasteiger partial charge is 0.300 e. The van der Waals surface area contributed by atoms with Gasteiger partial charge in [-0.1, -0.05) is 34.8 Å². The number of carbonyl (C=O) groups is 1. The molecule has 0 radical (unpaired) electrons. The molecule has 1 aromatic rings. The molecule has 0 unspecified atom stereocenters. The maximum Gasteiger partial charge on any atom is 0.300 e. The standard InChI is InChI=1S/C5H2Cl3NO.C2H4O2/c6-2-1-3(7)5(10)9-4(2)8;1-2(3)4/h1H,(H,9,10);1H3,(H,3,4). The number of halogens is 3. The van der Waals surface area contributed by atoms with Crippen LogP contribution in [0.25, 0.3) is 0 Å². The monoisotopic (exact) mass is 257 g/mol. The zero-order valence-corrected chi connectivity index (χ0v) is 9.24. The number of aliphatic carboxylic acids is 1. The van der Waals surface area contributed by atoms with Gasteiger partial charge in [0.25, 0.3) is 11.5 Å². The highest BCUT2D eigenvalue weighted by molar-refractivity contribution is 6.42. The zero-order chi connectivity index (χ0) is 11.3. The maximum atomic E-state index is 10.7. The van der Waals surface area contributed by atoms with Crippen LogP contribution in [-0.4, -0.2) is 16.1 Å². The molecule has 0 fully saturated rings. The van der Waals surface area contributed by atoms with Crippen LogP contribution in [0.4, 0.5) is 0 Å². The van der Waals surface area contributed by atoms with Gasteiger partial charge in [-0.2, -0.15) is 0 Å². The minimum atomic E-state index is -0.833. The molecule has 0 saturated carbocycles. The Morgan fingerprint density at radius 1 is 1.36 bits per heavy atom. The summed E-state index contributed by atoms with van der Waals surface area (Å²) in [5.74, 6) is -0.833. The largest absolute Gasteiger partial charge is 0.481 e. The third kappa shape index (κ3) is 5.11. The van der Waals surface area contributed by atoms with Gasteiger partial charge in [0.1, 0.15) is 10.2 Å². The number of H-pyrrole nitrogens is 1. The highest BCUT2D eigenvalue weighted by Crippen LogP contribution is 2.19. The van der Waals surface area contributed by atoms with Crippen LogP contribution in [0.5, 0.6) is 0 Å². The first-order chi connectivity index (χ1) is 6.34. The molecule has 0 aromatic carbocycles. The second-order valence-electron chi connectivity index (χ2n) is 2.13. The molecule has 0 bridgehead atoms. The van der Waals surface area contributed by atoms with Gasteiger partial charge in [-0.3, -0.25) is 9.59 Å². The van der Waals surface area contributed by atoms with Crippen LogP contribution in [0.1, 0.15) is 6.92 Å². The molecule has 78 valence electrons. The molecule has 1 heterocycles. The molecule has 4 nitrogen and oxygen atoms in total. The fraction of sp³-hybridized carbons (Fsp3) is 0.143. The molecular formula is C7H6Cl3NO3. The summed E-state index contributed by atoms with van der Waals surface area (Å²) in [5.41, 5.74) is -0.434. The van der Waals surface area contributed by atoms with Crippen molar-refractivity contribution < 1.29 is 9.90 Å². The summed E-state index contributed by atoms with van der Waals surface area (Å²) in [6, 6.07) is 1.30. The molecule has 14 heavy (non-hydrogen) atoms. The van der Waals surface area contributed by atoms with E-state index in [0.717, 1.165) is 6.92 Å². The number of aromatic nitrogens is 1. The van der Waals surface area contributed by atoms with E-state index < -0.39 is 11.5 Å². The normalized spacial score (nSPS) is 8.86. The Balaban J connectivity index is 0.000000364. The molecular weight excluding hydrogens is 252 g/mol. The van der Waals surface area contributed by atoms with E-state index in [1.54, 1.807) is 0 Å². The van der Waals surface area contributed by atoms with Gasteiger partial charge in [-0.15, -0.1) is 0 Å². The SMILES string of the molecule is CC(=O)O.O=c1[nH]c(Cl)c(Cl)cc1Cl. The quantitative estimate of drug-likeness (QED) is 0.702. The first-order valence-corrected chi connectivity index (χ1v) is 4.41. The Hall–Kier alpha value is -0.710. The van der Waals surface area contributed by atoms with Crippen molar-refractivity contribution in [2.75, 3.05) is 0 Å². The summed E-state index contributed by atoms with van der Waals surface area (Å²) in [4.78, 5) is 21.9. The van der Waals surface area contributed by atoms with Crippen LogP contribution in [0, 0.1) is 0 Å². The summed E-state index contributed by atoms with van der Waals surface area (Å²) in [6.07, 6.45) is 0. The van der Waals surface area contributed by atoms with Crippen LogP contribution in [0.15, 0.2) is 10.9 Å². The van der Waals surface area contributed by atoms with Crippen molar-refractivity contribution >= 4 is 40.8 Å². The summed E-state index contributed by atoms with van der Waals surface area (Å²) in [5, 5.41) is 7.80. The van der Waals surface area contributed by atoms with Gasteiger partial charge >= 0.3 is 0 Å². The van der Waals surface area contributed by atoms with Crippen molar-refractivity contribution in [2.24, 2.45) is 0 Å². The second-order valence-corrected chi connectivity index (χ2v) is 3.32. The van der Waals surface area contributed by atoms with E-state index in [1.807, 2.05) is 0 Å². The zero-order valence-electron chi connectivity index (χ0n) is 6.97. The number of carboxylic acid groups (broad SMARTS) is 1. The van der Waals surface area contributed by atoms with E-state index in [9.17, 15) is 4.79 Å². The highest BCUT2D eigenvalue weighted by Gasteiger charge is 2.01. The molecule has 0 aliphatic heterocycles. The number of pyridine rings is 1.